The number of benzene rings is 1. The zero-order chi connectivity index (χ0) is 15.0. The van der Waals surface area contributed by atoms with Gasteiger partial charge >= 0.3 is 0 Å². The first-order chi connectivity index (χ1) is 10.0. The molecule has 0 saturated carbocycles. The van der Waals surface area contributed by atoms with Gasteiger partial charge in [-0.1, -0.05) is 11.6 Å². The molecule has 1 aromatic carbocycles. The van der Waals surface area contributed by atoms with E-state index in [1.807, 2.05) is 26.0 Å². The number of nitrogens with zero attached hydrogens (tertiary/aromatic N) is 2. The molecule has 0 fully saturated rings. The molecular weight excluding hydrogens is 286 g/mol. The molecule has 2 heterocycles. The molecule has 0 aliphatic heterocycles. The largest absolute Gasteiger partial charge is 0.294 e. The fraction of sp³-hybridized carbons (Fsp3) is 0.188. The molecule has 2 aromatic heterocycles. The third kappa shape index (κ3) is 2.67. The summed E-state index contributed by atoms with van der Waals surface area (Å²) < 4.78 is 0. The number of carbonyl (C=O) groups excluding carboxylic acids is 1. The molecular formula is C16H14ClN3O. The zero-order valence-corrected chi connectivity index (χ0v) is 12.5. The SMILES string of the molecule is Cc1cc(C(=O)Cc2cncc(Cl)c2)c2c(C)[nH]nc2c1. The van der Waals surface area contributed by atoms with Crippen LogP contribution in [0, 0.1) is 13.8 Å². The highest BCUT2D eigenvalue weighted by Crippen LogP contribution is 2.24. The number of ketones is 1. The molecule has 0 saturated heterocycles. The highest BCUT2D eigenvalue weighted by atomic mass is 35.5. The van der Waals surface area contributed by atoms with Crippen LogP contribution in [0.3, 0.4) is 0 Å². The first kappa shape index (κ1) is 13.8. The highest BCUT2D eigenvalue weighted by Gasteiger charge is 2.15. The van der Waals surface area contributed by atoms with E-state index in [4.69, 9.17) is 11.6 Å². The number of H-pyrrole nitrogens is 1. The van der Waals surface area contributed by atoms with E-state index in [1.54, 1.807) is 18.5 Å². The van der Waals surface area contributed by atoms with E-state index < -0.39 is 0 Å². The van der Waals surface area contributed by atoms with E-state index in [-0.39, 0.29) is 12.2 Å². The molecule has 0 spiro atoms. The maximum atomic E-state index is 12.6. The summed E-state index contributed by atoms with van der Waals surface area (Å²) in [6.07, 6.45) is 3.50. The lowest BCUT2D eigenvalue weighted by molar-refractivity contribution is 0.0994. The van der Waals surface area contributed by atoms with E-state index in [9.17, 15) is 4.79 Å². The van der Waals surface area contributed by atoms with Crippen LogP contribution in [0.2, 0.25) is 5.02 Å². The van der Waals surface area contributed by atoms with Gasteiger partial charge in [-0.2, -0.15) is 5.10 Å². The number of nitrogens with one attached hydrogen (secondary N) is 1. The van der Waals surface area contributed by atoms with Crippen molar-refractivity contribution in [3.05, 3.63) is 58.0 Å². The molecule has 4 nitrogen and oxygen atoms in total. The molecule has 5 heteroatoms. The first-order valence-electron chi connectivity index (χ1n) is 6.62. The van der Waals surface area contributed by atoms with Crippen molar-refractivity contribution in [2.75, 3.05) is 0 Å². The lowest BCUT2D eigenvalue weighted by Gasteiger charge is -2.05. The van der Waals surface area contributed by atoms with Crippen LogP contribution in [0.15, 0.2) is 30.6 Å². The summed E-state index contributed by atoms with van der Waals surface area (Å²) >= 11 is 5.91. The Balaban J connectivity index is 2.03. The van der Waals surface area contributed by atoms with E-state index in [1.165, 1.54) is 0 Å². The average Bonchev–Trinajstić information content (AvgIpc) is 2.79. The Morgan fingerprint density at radius 3 is 2.81 bits per heavy atom. The third-order valence-electron chi connectivity index (χ3n) is 3.41. The average molecular weight is 300 g/mol. The lowest BCUT2D eigenvalue weighted by Crippen LogP contribution is -2.05. The standard InChI is InChI=1S/C16H14ClN3O/c1-9-3-13(16-10(2)19-20-14(16)4-9)15(21)6-11-5-12(17)8-18-7-11/h3-5,7-8H,6H2,1-2H3,(H,19,20). The minimum Gasteiger partial charge on any atom is -0.294 e. The summed E-state index contributed by atoms with van der Waals surface area (Å²) in [6, 6.07) is 5.64. The Morgan fingerprint density at radius 1 is 1.24 bits per heavy atom. The van der Waals surface area contributed by atoms with Crippen LogP contribution in [-0.4, -0.2) is 21.0 Å². The molecule has 0 atom stereocenters. The molecule has 0 aliphatic carbocycles. The smallest absolute Gasteiger partial charge is 0.168 e. The summed E-state index contributed by atoms with van der Waals surface area (Å²) in [5.41, 5.74) is 4.23. The third-order valence-corrected chi connectivity index (χ3v) is 3.61. The van der Waals surface area contributed by atoms with Crippen LogP contribution in [0.4, 0.5) is 0 Å². The van der Waals surface area contributed by atoms with Crippen molar-refractivity contribution < 1.29 is 4.79 Å². The van der Waals surface area contributed by atoms with Gasteiger partial charge in [0.1, 0.15) is 0 Å². The summed E-state index contributed by atoms with van der Waals surface area (Å²) in [4.78, 5) is 16.6. The van der Waals surface area contributed by atoms with Gasteiger partial charge in [0, 0.05) is 35.5 Å². The van der Waals surface area contributed by atoms with Gasteiger partial charge in [0.05, 0.1) is 10.5 Å². The summed E-state index contributed by atoms with van der Waals surface area (Å²) in [5.74, 6) is 0.0391. The van der Waals surface area contributed by atoms with Gasteiger partial charge in [-0.05, 0) is 43.2 Å². The number of rotatable bonds is 3. The van der Waals surface area contributed by atoms with Crippen molar-refractivity contribution in [2.24, 2.45) is 0 Å². The number of hydrogen-bond acceptors (Lipinski definition) is 3. The number of fused-ring (bicyclic) bond motifs is 1. The molecule has 3 aromatic rings. The van der Waals surface area contributed by atoms with Crippen LogP contribution in [-0.2, 0) is 6.42 Å². The van der Waals surface area contributed by atoms with Crippen molar-refractivity contribution in [2.45, 2.75) is 20.3 Å². The second-order valence-corrected chi connectivity index (χ2v) is 5.60. The summed E-state index contributed by atoms with van der Waals surface area (Å²) in [5, 5.41) is 8.59. The van der Waals surface area contributed by atoms with Gasteiger partial charge in [-0.3, -0.25) is 14.9 Å². The molecule has 0 amide bonds. The second-order valence-electron chi connectivity index (χ2n) is 5.17. The molecule has 0 aliphatic rings. The van der Waals surface area contributed by atoms with E-state index in [2.05, 4.69) is 15.2 Å². The van der Waals surface area contributed by atoms with Crippen LogP contribution in [0.1, 0.15) is 27.2 Å². The van der Waals surface area contributed by atoms with Crippen molar-refractivity contribution in [3.8, 4) is 0 Å². The summed E-state index contributed by atoms with van der Waals surface area (Å²) in [7, 11) is 0. The number of aromatic amines is 1. The lowest BCUT2D eigenvalue weighted by atomic mass is 9.98. The Bertz CT molecular complexity index is 839. The number of aryl methyl sites for hydroxylation is 2. The van der Waals surface area contributed by atoms with Crippen molar-refractivity contribution >= 4 is 28.3 Å². The quantitative estimate of drug-likeness (QED) is 0.751. The number of aromatic nitrogens is 3. The minimum atomic E-state index is 0.0391. The van der Waals surface area contributed by atoms with Gasteiger partial charge in [-0.25, -0.2) is 0 Å². The van der Waals surface area contributed by atoms with Gasteiger partial charge in [-0.15, -0.1) is 0 Å². The first-order valence-corrected chi connectivity index (χ1v) is 7.00. The fourth-order valence-electron chi connectivity index (χ4n) is 2.50. The number of carbonyl (C=O) groups is 1. The minimum absolute atomic E-state index is 0.0391. The second kappa shape index (κ2) is 5.30. The Labute approximate surface area is 127 Å². The maximum absolute atomic E-state index is 12.6. The Morgan fingerprint density at radius 2 is 2.05 bits per heavy atom. The molecule has 0 radical (unpaired) electrons. The number of halogens is 1. The number of pyridine rings is 1. The number of hydrogen-bond donors (Lipinski definition) is 1. The van der Waals surface area contributed by atoms with Gasteiger partial charge < -0.3 is 0 Å². The molecule has 0 unspecified atom stereocenters. The molecule has 1 N–H and O–H groups in total. The fourth-order valence-corrected chi connectivity index (χ4v) is 2.70. The zero-order valence-electron chi connectivity index (χ0n) is 11.8. The van der Waals surface area contributed by atoms with Crippen LogP contribution < -0.4 is 0 Å². The normalized spacial score (nSPS) is 11.0. The van der Waals surface area contributed by atoms with Crippen LogP contribution in [0.5, 0.6) is 0 Å². The Hall–Kier alpha value is -2.20. The monoisotopic (exact) mass is 299 g/mol. The molecule has 106 valence electrons. The van der Waals surface area contributed by atoms with Crippen molar-refractivity contribution in [1.82, 2.24) is 15.2 Å². The van der Waals surface area contributed by atoms with Gasteiger partial charge in [0.2, 0.25) is 0 Å². The van der Waals surface area contributed by atoms with Crippen molar-refractivity contribution in [3.63, 3.8) is 0 Å². The summed E-state index contributed by atoms with van der Waals surface area (Å²) in [6.45, 7) is 3.88. The predicted molar refractivity (Wildman–Crippen MR) is 82.8 cm³/mol. The van der Waals surface area contributed by atoms with Gasteiger partial charge in [0.25, 0.3) is 0 Å². The van der Waals surface area contributed by atoms with Gasteiger partial charge in [0.15, 0.2) is 5.78 Å². The van der Waals surface area contributed by atoms with E-state index in [0.717, 1.165) is 27.7 Å². The number of Topliss-reactive ketones (excluding diaryl/α,β-unsaturated/α-hetero) is 1. The maximum Gasteiger partial charge on any atom is 0.168 e. The van der Waals surface area contributed by atoms with E-state index >= 15 is 0 Å². The molecule has 3 rings (SSSR count). The van der Waals surface area contributed by atoms with E-state index in [0.29, 0.717) is 10.6 Å². The predicted octanol–water partition coefficient (Wildman–Crippen LogP) is 3.65. The topological polar surface area (TPSA) is 58.6 Å². The molecule has 0 bridgehead atoms. The highest BCUT2D eigenvalue weighted by molar-refractivity contribution is 6.30. The molecule has 21 heavy (non-hydrogen) atoms. The van der Waals surface area contributed by atoms with Crippen LogP contribution in [0.25, 0.3) is 10.9 Å². The Kier molecular flexibility index (Phi) is 3.47. The van der Waals surface area contributed by atoms with Crippen molar-refractivity contribution in [1.29, 1.82) is 0 Å². The van der Waals surface area contributed by atoms with Crippen LogP contribution >= 0.6 is 11.6 Å².